The van der Waals surface area contributed by atoms with Gasteiger partial charge < -0.3 is 10.0 Å². The number of hydrogen-bond donors (Lipinski definition) is 0. The summed E-state index contributed by atoms with van der Waals surface area (Å²) in [5, 5.41) is 22.7. The van der Waals surface area contributed by atoms with Crippen molar-refractivity contribution in [1.82, 2.24) is 9.30 Å². The van der Waals surface area contributed by atoms with Crippen LogP contribution in [-0.2, 0) is 13.1 Å². The van der Waals surface area contributed by atoms with Crippen LogP contribution in [0.4, 0.5) is 5.69 Å². The zero-order valence-electron chi connectivity index (χ0n) is 17.4. The average molecular weight is 415 g/mol. The van der Waals surface area contributed by atoms with Gasteiger partial charge in [-0.05, 0) is 37.0 Å². The van der Waals surface area contributed by atoms with Gasteiger partial charge in [0.05, 0.1) is 35.4 Å². The summed E-state index contributed by atoms with van der Waals surface area (Å²) in [4.78, 5) is 17.5. The summed E-state index contributed by atoms with van der Waals surface area (Å²) >= 11 is 0. The number of fused-ring (bicyclic) bond motifs is 1. The molecule has 3 heterocycles. The van der Waals surface area contributed by atoms with Crippen LogP contribution in [0.3, 0.4) is 0 Å². The molecule has 3 aromatic rings. The molecule has 2 fully saturated rings. The van der Waals surface area contributed by atoms with E-state index in [0.717, 1.165) is 44.7 Å². The van der Waals surface area contributed by atoms with Gasteiger partial charge in [0.15, 0.2) is 0 Å². The van der Waals surface area contributed by atoms with Gasteiger partial charge in [-0.3, -0.25) is 4.90 Å². The third kappa shape index (κ3) is 3.75. The molecule has 31 heavy (non-hydrogen) atoms. The number of benzene rings is 1. The first-order chi connectivity index (χ1) is 15.2. The van der Waals surface area contributed by atoms with E-state index in [9.17, 15) is 15.2 Å². The van der Waals surface area contributed by atoms with Crippen LogP contribution in [0.15, 0.2) is 53.5 Å². The van der Waals surface area contributed by atoms with Gasteiger partial charge in [0.25, 0.3) is 5.65 Å². The van der Waals surface area contributed by atoms with E-state index in [1.54, 1.807) is 15.2 Å². The Hall–Kier alpha value is -3.37. The van der Waals surface area contributed by atoms with E-state index in [2.05, 4.69) is 15.9 Å². The minimum atomic E-state index is -0.218. The third-order valence-electron chi connectivity index (χ3n) is 6.35. The number of para-hydroxylation sites is 1. The van der Waals surface area contributed by atoms with E-state index in [0.29, 0.717) is 35.8 Å². The van der Waals surface area contributed by atoms with Crippen molar-refractivity contribution in [3.05, 3.63) is 70.1 Å². The summed E-state index contributed by atoms with van der Waals surface area (Å²) in [5.41, 5.74) is 2.42. The highest BCUT2D eigenvalue weighted by atomic mass is 16.3. The Labute approximate surface area is 181 Å². The van der Waals surface area contributed by atoms with Gasteiger partial charge in [-0.15, -0.1) is 0 Å². The monoisotopic (exact) mass is 415 g/mol. The van der Waals surface area contributed by atoms with E-state index in [1.807, 2.05) is 42.5 Å². The molecule has 0 N–H and O–H groups in total. The highest BCUT2D eigenvalue weighted by molar-refractivity contribution is 5.59. The summed E-state index contributed by atoms with van der Waals surface area (Å²) in [7, 11) is 0. The fraction of sp³-hybridized carbons (Fsp3) is 0.375. The second kappa shape index (κ2) is 8.05. The molecule has 2 aromatic heterocycles. The summed E-state index contributed by atoms with van der Waals surface area (Å²) < 4.78 is 3.40. The van der Waals surface area contributed by atoms with E-state index in [1.165, 1.54) is 0 Å². The molecule has 0 spiro atoms. The second-order valence-electron chi connectivity index (χ2n) is 8.46. The van der Waals surface area contributed by atoms with Crippen molar-refractivity contribution < 1.29 is 9.67 Å². The first-order valence-corrected chi connectivity index (χ1v) is 10.8. The first kappa shape index (κ1) is 19.6. The second-order valence-corrected chi connectivity index (χ2v) is 8.46. The van der Waals surface area contributed by atoms with Gasteiger partial charge in [0.2, 0.25) is 0 Å². The Morgan fingerprint density at radius 3 is 2.55 bits per heavy atom. The maximum atomic E-state index is 13.3. The van der Waals surface area contributed by atoms with Crippen molar-refractivity contribution >= 4 is 11.3 Å². The fourth-order valence-electron chi connectivity index (χ4n) is 4.41. The smallest absolute Gasteiger partial charge is 0.346 e. The molecule has 0 atom stereocenters. The van der Waals surface area contributed by atoms with Gasteiger partial charge in [-0.25, -0.2) is 9.36 Å². The van der Waals surface area contributed by atoms with Crippen molar-refractivity contribution in [2.75, 3.05) is 31.1 Å². The maximum Gasteiger partial charge on any atom is 0.346 e. The highest BCUT2D eigenvalue weighted by Gasteiger charge is 2.28. The van der Waals surface area contributed by atoms with Gasteiger partial charge in [0, 0.05) is 38.8 Å². The molecule has 158 valence electrons. The van der Waals surface area contributed by atoms with Crippen molar-refractivity contribution in [2.24, 2.45) is 5.92 Å². The van der Waals surface area contributed by atoms with Gasteiger partial charge in [0.1, 0.15) is 6.07 Å². The Kier molecular flexibility index (Phi) is 5.08. The lowest BCUT2D eigenvalue weighted by molar-refractivity contribution is -0.719. The molecule has 7 heteroatoms. The number of nitrogens with zero attached hydrogens (tertiary/aromatic N) is 5. The lowest BCUT2D eigenvalue weighted by Crippen LogP contribution is -2.49. The molecule has 0 unspecified atom stereocenters. The standard InChI is InChI=1S/C24H25N5O2/c25-15-19-5-1-2-6-21(19)27-13-11-26(12-14-27)17-20-23(30)28-10-4-3-7-22(28)29(24(20)31)16-18-8-9-18/h1-7,10,18H,8-9,11-14,16-17H2. The zero-order valence-corrected chi connectivity index (χ0v) is 17.4. The molecule has 5 rings (SSSR count). The number of pyridine rings is 1. The summed E-state index contributed by atoms with van der Waals surface area (Å²) in [5.74, 6) is 0.385. The Balaban J connectivity index is 1.39. The van der Waals surface area contributed by atoms with Crippen LogP contribution in [0, 0.1) is 17.2 Å². The van der Waals surface area contributed by atoms with Crippen LogP contribution in [-0.4, -0.2) is 35.5 Å². The van der Waals surface area contributed by atoms with Crippen LogP contribution in [0.1, 0.15) is 24.0 Å². The molecule has 0 radical (unpaired) electrons. The SMILES string of the molecule is N#Cc1ccccc1N1CCN(Cc2c([O-])[n+](CC3CC3)c3ccccn3c2=O)CC1. The largest absolute Gasteiger partial charge is 0.842 e. The van der Waals surface area contributed by atoms with E-state index in [4.69, 9.17) is 0 Å². The Morgan fingerprint density at radius 1 is 1.06 bits per heavy atom. The molecule has 1 aliphatic carbocycles. The molecule has 1 aromatic carbocycles. The van der Waals surface area contributed by atoms with Crippen molar-refractivity contribution in [3.8, 4) is 11.9 Å². The number of piperazine rings is 1. The molecule has 1 saturated heterocycles. The topological polar surface area (TPSA) is 78.7 Å². The Morgan fingerprint density at radius 2 is 1.81 bits per heavy atom. The molecule has 2 aliphatic rings. The minimum Gasteiger partial charge on any atom is -0.842 e. The third-order valence-corrected chi connectivity index (χ3v) is 6.35. The normalized spacial score (nSPS) is 17.1. The van der Waals surface area contributed by atoms with E-state index in [-0.39, 0.29) is 11.4 Å². The summed E-state index contributed by atoms with van der Waals surface area (Å²) in [6.07, 6.45) is 4.04. The molecular weight excluding hydrogens is 390 g/mol. The lowest BCUT2D eigenvalue weighted by Gasteiger charge is -2.36. The number of aromatic nitrogens is 2. The first-order valence-electron chi connectivity index (χ1n) is 10.8. The summed E-state index contributed by atoms with van der Waals surface area (Å²) in [6, 6.07) is 15.4. The zero-order chi connectivity index (χ0) is 21.4. The van der Waals surface area contributed by atoms with Gasteiger partial charge >= 0.3 is 5.56 Å². The summed E-state index contributed by atoms with van der Waals surface area (Å²) in [6.45, 7) is 4.01. The highest BCUT2D eigenvalue weighted by Crippen LogP contribution is 2.29. The number of nitriles is 1. The van der Waals surface area contributed by atoms with Gasteiger partial charge in [-0.2, -0.15) is 9.66 Å². The van der Waals surface area contributed by atoms with E-state index >= 15 is 0 Å². The number of anilines is 1. The Bertz CT molecular complexity index is 1220. The number of hydrogen-bond acceptors (Lipinski definition) is 5. The maximum absolute atomic E-state index is 13.3. The minimum absolute atomic E-state index is 0.152. The predicted molar refractivity (Wildman–Crippen MR) is 115 cm³/mol. The van der Waals surface area contributed by atoms with Crippen LogP contribution >= 0.6 is 0 Å². The van der Waals surface area contributed by atoms with E-state index < -0.39 is 0 Å². The van der Waals surface area contributed by atoms with Crippen LogP contribution < -0.4 is 20.1 Å². The van der Waals surface area contributed by atoms with Crippen molar-refractivity contribution in [2.45, 2.75) is 25.9 Å². The molecular formula is C24H25N5O2. The van der Waals surface area contributed by atoms with Crippen LogP contribution in [0.2, 0.25) is 0 Å². The molecule has 0 amide bonds. The predicted octanol–water partition coefficient (Wildman–Crippen LogP) is 1.26. The van der Waals surface area contributed by atoms with Crippen LogP contribution in [0.25, 0.3) is 5.65 Å². The fourth-order valence-corrected chi connectivity index (χ4v) is 4.41. The average Bonchev–Trinajstić information content (AvgIpc) is 3.64. The van der Waals surface area contributed by atoms with Gasteiger partial charge in [-0.1, -0.05) is 18.2 Å². The molecule has 7 nitrogen and oxygen atoms in total. The quantitative estimate of drug-likeness (QED) is 0.587. The number of rotatable bonds is 5. The van der Waals surface area contributed by atoms with Crippen molar-refractivity contribution in [1.29, 1.82) is 5.26 Å². The van der Waals surface area contributed by atoms with Crippen LogP contribution in [0.5, 0.6) is 5.88 Å². The molecule has 1 saturated carbocycles. The molecule has 1 aliphatic heterocycles. The van der Waals surface area contributed by atoms with Crippen molar-refractivity contribution in [3.63, 3.8) is 0 Å². The lowest BCUT2D eigenvalue weighted by atomic mass is 10.1. The molecule has 0 bridgehead atoms.